The number of hydrogen-bond acceptors (Lipinski definition) is 4. The Bertz CT molecular complexity index is 478. The minimum Gasteiger partial charge on any atom is -0.332 e. The molecule has 1 saturated heterocycles. The Morgan fingerprint density at radius 2 is 2.32 bits per heavy atom. The van der Waals surface area contributed by atoms with Crippen LogP contribution in [0.25, 0.3) is 0 Å². The Balaban J connectivity index is 2.29. The van der Waals surface area contributed by atoms with Crippen molar-refractivity contribution in [3.63, 3.8) is 0 Å². The Morgan fingerprint density at radius 1 is 1.58 bits per heavy atom. The highest BCUT2D eigenvalue weighted by Gasteiger charge is 2.27. The summed E-state index contributed by atoms with van der Waals surface area (Å²) in [6.07, 6.45) is 1.52. The first-order valence-corrected chi connectivity index (χ1v) is 6.92. The van der Waals surface area contributed by atoms with E-state index in [2.05, 4.69) is 15.3 Å². The lowest BCUT2D eigenvalue weighted by atomic mass is 10.2. The molecule has 5 nitrogen and oxygen atoms in total. The van der Waals surface area contributed by atoms with Crippen LogP contribution in [0.3, 0.4) is 0 Å². The van der Waals surface area contributed by atoms with Gasteiger partial charge in [-0.1, -0.05) is 25.4 Å². The van der Waals surface area contributed by atoms with Crippen molar-refractivity contribution in [1.82, 2.24) is 20.2 Å². The smallest absolute Gasteiger partial charge is 0.274 e. The van der Waals surface area contributed by atoms with Crippen molar-refractivity contribution in [2.75, 3.05) is 19.6 Å². The Labute approximate surface area is 118 Å². The molecule has 1 unspecified atom stereocenters. The molecule has 0 radical (unpaired) electrons. The first-order valence-electron chi connectivity index (χ1n) is 6.54. The second-order valence-electron chi connectivity index (χ2n) is 5.13. The van der Waals surface area contributed by atoms with Crippen LogP contribution in [0.1, 0.15) is 43.0 Å². The zero-order chi connectivity index (χ0) is 14.0. The van der Waals surface area contributed by atoms with E-state index in [0.29, 0.717) is 23.1 Å². The van der Waals surface area contributed by atoms with Crippen LogP contribution in [0.2, 0.25) is 5.02 Å². The first-order chi connectivity index (χ1) is 9.00. The van der Waals surface area contributed by atoms with E-state index in [0.717, 1.165) is 13.1 Å². The molecule has 1 atom stereocenters. The predicted molar refractivity (Wildman–Crippen MR) is 74.5 cm³/mol. The number of nitrogens with zero attached hydrogens (tertiary/aromatic N) is 3. The van der Waals surface area contributed by atoms with Crippen molar-refractivity contribution >= 4 is 17.5 Å². The average Bonchev–Trinajstić information content (AvgIpc) is 2.38. The van der Waals surface area contributed by atoms with Gasteiger partial charge in [-0.05, 0) is 6.92 Å². The fourth-order valence-corrected chi connectivity index (χ4v) is 2.26. The lowest BCUT2D eigenvalue weighted by molar-refractivity contribution is 0.0649. The molecule has 2 rings (SSSR count). The summed E-state index contributed by atoms with van der Waals surface area (Å²) in [4.78, 5) is 22.8. The Hall–Kier alpha value is -1.20. The number of carbonyl (C=O) groups is 1. The van der Waals surface area contributed by atoms with Gasteiger partial charge < -0.3 is 10.2 Å². The van der Waals surface area contributed by atoms with E-state index in [-0.39, 0.29) is 17.9 Å². The van der Waals surface area contributed by atoms with Crippen LogP contribution in [0.15, 0.2) is 6.20 Å². The Morgan fingerprint density at radius 3 is 2.95 bits per heavy atom. The summed E-state index contributed by atoms with van der Waals surface area (Å²) in [5.41, 5.74) is 0.314. The molecular formula is C13H19ClN4O. The number of amides is 1. The lowest BCUT2D eigenvalue weighted by Gasteiger charge is -2.33. The van der Waals surface area contributed by atoms with Crippen LogP contribution >= 0.6 is 11.6 Å². The van der Waals surface area contributed by atoms with Gasteiger partial charge in [-0.15, -0.1) is 0 Å². The third-order valence-electron chi connectivity index (χ3n) is 3.24. The second-order valence-corrected chi connectivity index (χ2v) is 5.54. The van der Waals surface area contributed by atoms with Gasteiger partial charge >= 0.3 is 0 Å². The molecule has 1 aliphatic heterocycles. The summed E-state index contributed by atoms with van der Waals surface area (Å²) < 4.78 is 0. The van der Waals surface area contributed by atoms with Crippen LogP contribution in [0.4, 0.5) is 0 Å². The third kappa shape index (κ3) is 3.04. The number of aromatic nitrogens is 2. The monoisotopic (exact) mass is 282 g/mol. The van der Waals surface area contributed by atoms with Crippen LogP contribution in [0.5, 0.6) is 0 Å². The first kappa shape index (κ1) is 14.2. The van der Waals surface area contributed by atoms with E-state index in [4.69, 9.17) is 11.6 Å². The highest BCUT2D eigenvalue weighted by atomic mass is 35.5. The molecule has 1 fully saturated rings. The van der Waals surface area contributed by atoms with Gasteiger partial charge in [-0.25, -0.2) is 9.97 Å². The van der Waals surface area contributed by atoms with Gasteiger partial charge in [0.1, 0.15) is 5.82 Å². The van der Waals surface area contributed by atoms with E-state index < -0.39 is 0 Å². The van der Waals surface area contributed by atoms with Crippen molar-refractivity contribution < 1.29 is 4.79 Å². The van der Waals surface area contributed by atoms with Gasteiger partial charge in [0.25, 0.3) is 5.91 Å². The molecule has 6 heteroatoms. The number of halogens is 1. The number of piperazine rings is 1. The van der Waals surface area contributed by atoms with Gasteiger partial charge in [0.15, 0.2) is 5.69 Å². The molecule has 2 heterocycles. The minimum atomic E-state index is -0.108. The minimum absolute atomic E-state index is 0.108. The van der Waals surface area contributed by atoms with Crippen molar-refractivity contribution in [1.29, 1.82) is 0 Å². The molecule has 0 aromatic carbocycles. The molecule has 1 N–H and O–H groups in total. The van der Waals surface area contributed by atoms with Gasteiger partial charge in [-0.3, -0.25) is 4.79 Å². The van der Waals surface area contributed by atoms with E-state index >= 15 is 0 Å². The molecule has 0 bridgehead atoms. The average molecular weight is 283 g/mol. The van der Waals surface area contributed by atoms with Crippen LogP contribution in [0, 0.1) is 0 Å². The summed E-state index contributed by atoms with van der Waals surface area (Å²) in [5, 5.41) is 3.57. The normalized spacial score (nSPS) is 19.8. The van der Waals surface area contributed by atoms with Crippen LogP contribution in [-0.4, -0.2) is 46.5 Å². The second kappa shape index (κ2) is 5.84. The third-order valence-corrected chi connectivity index (χ3v) is 3.52. The Kier molecular flexibility index (Phi) is 4.37. The zero-order valence-corrected chi connectivity index (χ0v) is 12.2. The molecule has 1 aliphatic rings. The molecule has 1 amide bonds. The van der Waals surface area contributed by atoms with E-state index in [1.807, 2.05) is 25.7 Å². The summed E-state index contributed by atoms with van der Waals surface area (Å²) in [6, 6.07) is 0.148. The molecule has 19 heavy (non-hydrogen) atoms. The topological polar surface area (TPSA) is 58.1 Å². The van der Waals surface area contributed by atoms with Crippen LogP contribution in [-0.2, 0) is 0 Å². The highest BCUT2D eigenvalue weighted by molar-refractivity contribution is 6.33. The lowest BCUT2D eigenvalue weighted by Crippen LogP contribution is -2.52. The van der Waals surface area contributed by atoms with Crippen LogP contribution < -0.4 is 5.32 Å². The van der Waals surface area contributed by atoms with E-state index in [1.54, 1.807) is 0 Å². The molecule has 0 saturated carbocycles. The van der Waals surface area contributed by atoms with E-state index in [9.17, 15) is 4.79 Å². The maximum atomic E-state index is 12.5. The summed E-state index contributed by atoms with van der Waals surface area (Å²) in [5.74, 6) is 0.711. The molecule has 1 aromatic rings. The highest BCUT2D eigenvalue weighted by Crippen LogP contribution is 2.19. The quantitative estimate of drug-likeness (QED) is 0.897. The zero-order valence-electron chi connectivity index (χ0n) is 11.5. The fourth-order valence-electron chi connectivity index (χ4n) is 2.09. The summed E-state index contributed by atoms with van der Waals surface area (Å²) >= 11 is 6.07. The number of carbonyl (C=O) groups excluding carboxylic acids is 1. The van der Waals surface area contributed by atoms with Gasteiger partial charge in [0.2, 0.25) is 0 Å². The van der Waals surface area contributed by atoms with E-state index in [1.165, 1.54) is 6.20 Å². The number of hydrogen-bond donors (Lipinski definition) is 1. The predicted octanol–water partition coefficient (Wildman–Crippen LogP) is 1.69. The van der Waals surface area contributed by atoms with Gasteiger partial charge in [-0.2, -0.15) is 0 Å². The molecular weight excluding hydrogens is 264 g/mol. The SMILES string of the molecule is CC(C)c1ncc(Cl)c(C(=O)N2CCNCC2C)n1. The molecule has 0 spiro atoms. The standard InChI is InChI=1S/C13H19ClN4O/c1-8(2)12-16-7-10(14)11(17-12)13(19)18-5-4-15-6-9(18)3/h7-9,15H,4-6H2,1-3H3. The fraction of sp³-hybridized carbons (Fsp3) is 0.615. The molecule has 0 aliphatic carbocycles. The van der Waals surface area contributed by atoms with Crippen molar-refractivity contribution in [3.05, 3.63) is 22.7 Å². The van der Waals surface area contributed by atoms with Gasteiger partial charge in [0, 0.05) is 31.6 Å². The summed E-state index contributed by atoms with van der Waals surface area (Å²) in [6.45, 7) is 8.27. The molecule has 1 aromatic heterocycles. The molecule has 104 valence electrons. The van der Waals surface area contributed by atoms with Crippen molar-refractivity contribution in [2.45, 2.75) is 32.7 Å². The summed E-state index contributed by atoms with van der Waals surface area (Å²) in [7, 11) is 0. The van der Waals surface area contributed by atoms with Crippen molar-refractivity contribution in [3.8, 4) is 0 Å². The largest absolute Gasteiger partial charge is 0.332 e. The number of nitrogens with one attached hydrogen (secondary N) is 1. The van der Waals surface area contributed by atoms with Gasteiger partial charge in [0.05, 0.1) is 11.2 Å². The number of rotatable bonds is 2. The maximum absolute atomic E-state index is 12.5. The maximum Gasteiger partial charge on any atom is 0.274 e. The van der Waals surface area contributed by atoms with Crippen molar-refractivity contribution in [2.24, 2.45) is 0 Å².